The summed E-state index contributed by atoms with van der Waals surface area (Å²) in [5.74, 6) is 0.126. The van der Waals surface area contributed by atoms with E-state index in [4.69, 9.17) is 4.74 Å². The molecule has 22 heavy (non-hydrogen) atoms. The molecule has 0 fully saturated rings. The second kappa shape index (κ2) is 5.75. The van der Waals surface area contributed by atoms with E-state index in [9.17, 15) is 4.79 Å². The number of hydrogen-bond acceptors (Lipinski definition) is 4. The van der Waals surface area contributed by atoms with Gasteiger partial charge in [0.15, 0.2) is 0 Å². The molecular formula is C17H19N3O2. The minimum atomic E-state index is -0.280. The van der Waals surface area contributed by atoms with Crippen LogP contribution < -0.4 is 4.74 Å². The zero-order chi connectivity index (χ0) is 15.7. The van der Waals surface area contributed by atoms with Crippen LogP contribution in [0.2, 0.25) is 0 Å². The van der Waals surface area contributed by atoms with Crippen molar-refractivity contribution in [3.8, 4) is 6.01 Å². The largest absolute Gasteiger partial charge is 0.392 e. The van der Waals surface area contributed by atoms with Gasteiger partial charge in [0.1, 0.15) is 5.52 Å². The van der Waals surface area contributed by atoms with E-state index in [0.29, 0.717) is 18.3 Å². The lowest BCUT2D eigenvalue weighted by Gasteiger charge is -2.12. The van der Waals surface area contributed by atoms with Gasteiger partial charge in [-0.05, 0) is 12.0 Å². The van der Waals surface area contributed by atoms with Crippen LogP contribution in [0.5, 0.6) is 6.01 Å². The summed E-state index contributed by atoms with van der Waals surface area (Å²) in [6.45, 7) is 6.76. The molecule has 2 heterocycles. The Morgan fingerprint density at radius 3 is 2.77 bits per heavy atom. The first-order chi connectivity index (χ1) is 10.6. The number of nitrogens with zero attached hydrogens (tertiary/aromatic N) is 3. The molecule has 0 aliphatic heterocycles. The Balaban J connectivity index is 2.27. The molecule has 0 radical (unpaired) electrons. The maximum atomic E-state index is 11.7. The molecule has 0 aliphatic rings. The van der Waals surface area contributed by atoms with Crippen molar-refractivity contribution in [1.29, 1.82) is 0 Å². The van der Waals surface area contributed by atoms with Crippen LogP contribution in [-0.2, 0) is 11.3 Å². The molecule has 114 valence electrons. The summed E-state index contributed by atoms with van der Waals surface area (Å²) in [6.07, 6.45) is 2.06. The molecule has 0 bridgehead atoms. The summed E-state index contributed by atoms with van der Waals surface area (Å²) in [6, 6.07) is 8.29. The molecule has 0 saturated carbocycles. The lowest BCUT2D eigenvalue weighted by molar-refractivity contribution is -0.134. The van der Waals surface area contributed by atoms with E-state index < -0.39 is 0 Å². The van der Waals surface area contributed by atoms with E-state index in [0.717, 1.165) is 28.5 Å². The molecule has 0 aliphatic carbocycles. The van der Waals surface area contributed by atoms with Gasteiger partial charge < -0.3 is 4.74 Å². The van der Waals surface area contributed by atoms with E-state index in [2.05, 4.69) is 23.8 Å². The molecule has 5 heteroatoms. The summed E-state index contributed by atoms with van der Waals surface area (Å²) in [5.41, 5.74) is 2.63. The maximum absolute atomic E-state index is 11.7. The van der Waals surface area contributed by atoms with E-state index in [1.54, 1.807) is 13.1 Å². The predicted octanol–water partition coefficient (Wildman–Crippen LogP) is 3.56. The van der Waals surface area contributed by atoms with Gasteiger partial charge in [-0.3, -0.25) is 14.3 Å². The van der Waals surface area contributed by atoms with Crippen LogP contribution in [0.3, 0.4) is 0 Å². The first-order valence-corrected chi connectivity index (χ1v) is 7.54. The van der Waals surface area contributed by atoms with Crippen molar-refractivity contribution in [3.05, 3.63) is 30.5 Å². The van der Waals surface area contributed by atoms with Crippen molar-refractivity contribution in [2.45, 2.75) is 33.7 Å². The highest BCUT2D eigenvalue weighted by molar-refractivity contribution is 6.02. The second-order valence-electron chi connectivity index (χ2n) is 5.74. The molecule has 0 amide bonds. The van der Waals surface area contributed by atoms with Crippen LogP contribution in [0.15, 0.2) is 30.5 Å². The minimum absolute atomic E-state index is 0.280. The number of ether oxygens (including phenoxy) is 1. The monoisotopic (exact) mass is 297 g/mol. The van der Waals surface area contributed by atoms with Gasteiger partial charge in [0.2, 0.25) is 0 Å². The van der Waals surface area contributed by atoms with Gasteiger partial charge in [0.25, 0.3) is 0 Å². The quantitative estimate of drug-likeness (QED) is 0.691. The zero-order valence-corrected chi connectivity index (χ0v) is 13.0. The number of para-hydroxylation sites is 1. The Kier molecular flexibility index (Phi) is 3.79. The third-order valence-corrected chi connectivity index (χ3v) is 3.49. The van der Waals surface area contributed by atoms with Crippen molar-refractivity contribution in [2.75, 3.05) is 0 Å². The van der Waals surface area contributed by atoms with Gasteiger partial charge in [-0.2, -0.15) is 4.98 Å². The first kappa shape index (κ1) is 14.5. The van der Waals surface area contributed by atoms with Crippen molar-refractivity contribution >= 4 is 27.9 Å². The third kappa shape index (κ3) is 2.54. The van der Waals surface area contributed by atoms with Crippen LogP contribution >= 0.6 is 0 Å². The van der Waals surface area contributed by atoms with E-state index in [1.807, 2.05) is 28.8 Å². The molecule has 3 rings (SSSR count). The molecule has 2 aromatic heterocycles. The summed E-state index contributed by atoms with van der Waals surface area (Å²) >= 11 is 0. The van der Waals surface area contributed by atoms with Gasteiger partial charge >= 0.3 is 12.0 Å². The van der Waals surface area contributed by atoms with Crippen LogP contribution in [0.1, 0.15) is 27.2 Å². The fourth-order valence-electron chi connectivity index (χ4n) is 2.53. The van der Waals surface area contributed by atoms with Crippen molar-refractivity contribution in [3.63, 3.8) is 0 Å². The van der Waals surface area contributed by atoms with Gasteiger partial charge in [0.05, 0.1) is 17.2 Å². The summed E-state index contributed by atoms with van der Waals surface area (Å²) < 4.78 is 7.40. The molecule has 5 nitrogen and oxygen atoms in total. The molecule has 0 N–H and O–H groups in total. The number of benzene rings is 1. The standard InChI is InChI=1S/C17H19N3O2/c1-4-15(21)22-17-19-14-9-18-13-8-6-5-7-12(13)16(14)20(17)10-11(2)3/h5-9,11H,4,10H2,1-3H3. The Morgan fingerprint density at radius 2 is 2.05 bits per heavy atom. The highest BCUT2D eigenvalue weighted by Crippen LogP contribution is 2.28. The number of imidazole rings is 1. The molecule has 1 aromatic carbocycles. The number of carbonyl (C=O) groups excluding carboxylic acids is 1. The van der Waals surface area contributed by atoms with Crippen molar-refractivity contribution < 1.29 is 9.53 Å². The number of rotatable bonds is 4. The van der Waals surface area contributed by atoms with E-state index >= 15 is 0 Å². The molecule has 0 saturated heterocycles. The van der Waals surface area contributed by atoms with Gasteiger partial charge in [-0.15, -0.1) is 0 Å². The van der Waals surface area contributed by atoms with Gasteiger partial charge in [-0.1, -0.05) is 39.0 Å². The number of hydrogen-bond donors (Lipinski definition) is 0. The lowest BCUT2D eigenvalue weighted by atomic mass is 10.2. The third-order valence-electron chi connectivity index (χ3n) is 3.49. The predicted molar refractivity (Wildman–Crippen MR) is 85.8 cm³/mol. The number of carbonyl (C=O) groups is 1. The summed E-state index contributed by atoms with van der Waals surface area (Å²) in [7, 11) is 0. The number of esters is 1. The Morgan fingerprint density at radius 1 is 1.27 bits per heavy atom. The Labute approximate surface area is 128 Å². The zero-order valence-electron chi connectivity index (χ0n) is 13.0. The normalized spacial score (nSPS) is 11.5. The topological polar surface area (TPSA) is 57.0 Å². The fraction of sp³-hybridized carbons (Fsp3) is 0.353. The van der Waals surface area contributed by atoms with E-state index in [1.165, 1.54) is 0 Å². The van der Waals surface area contributed by atoms with Gasteiger partial charge in [0, 0.05) is 18.4 Å². The van der Waals surface area contributed by atoms with Crippen molar-refractivity contribution in [2.24, 2.45) is 5.92 Å². The maximum Gasteiger partial charge on any atom is 0.313 e. The average Bonchev–Trinajstić information content (AvgIpc) is 2.84. The Bertz CT molecular complexity index is 836. The average molecular weight is 297 g/mol. The van der Waals surface area contributed by atoms with Crippen molar-refractivity contribution in [1.82, 2.24) is 14.5 Å². The smallest absolute Gasteiger partial charge is 0.313 e. The SMILES string of the molecule is CCC(=O)Oc1nc2cnc3ccccc3c2n1CC(C)C. The molecule has 3 aromatic rings. The summed E-state index contributed by atoms with van der Waals surface area (Å²) in [4.78, 5) is 20.6. The minimum Gasteiger partial charge on any atom is -0.392 e. The van der Waals surface area contributed by atoms with E-state index in [-0.39, 0.29) is 5.97 Å². The fourth-order valence-corrected chi connectivity index (χ4v) is 2.53. The summed E-state index contributed by atoms with van der Waals surface area (Å²) in [5, 5.41) is 1.02. The van der Waals surface area contributed by atoms with Crippen LogP contribution in [0.4, 0.5) is 0 Å². The number of pyridine rings is 1. The first-order valence-electron chi connectivity index (χ1n) is 7.54. The lowest BCUT2D eigenvalue weighted by Crippen LogP contribution is -2.13. The second-order valence-corrected chi connectivity index (χ2v) is 5.74. The molecule has 0 unspecified atom stereocenters. The highest BCUT2D eigenvalue weighted by atomic mass is 16.5. The van der Waals surface area contributed by atoms with Crippen LogP contribution in [0, 0.1) is 5.92 Å². The highest BCUT2D eigenvalue weighted by Gasteiger charge is 2.18. The number of aromatic nitrogens is 3. The Hall–Kier alpha value is -2.43. The molecule has 0 spiro atoms. The van der Waals surface area contributed by atoms with Crippen LogP contribution in [0.25, 0.3) is 21.9 Å². The molecule has 0 atom stereocenters. The van der Waals surface area contributed by atoms with Crippen LogP contribution in [-0.4, -0.2) is 20.5 Å². The van der Waals surface area contributed by atoms with Gasteiger partial charge in [-0.25, -0.2) is 0 Å². The molecular weight excluding hydrogens is 278 g/mol. The number of fused-ring (bicyclic) bond motifs is 3.